The van der Waals surface area contributed by atoms with Crippen molar-refractivity contribution in [2.24, 2.45) is 0 Å². The Balaban J connectivity index is 3.29. The van der Waals surface area contributed by atoms with Gasteiger partial charge in [-0.25, -0.2) is 0 Å². The van der Waals surface area contributed by atoms with Crippen molar-refractivity contribution in [1.29, 1.82) is 0 Å². The predicted molar refractivity (Wildman–Crippen MR) is 36.7 cm³/mol. The molecule has 0 fully saturated rings. The molecule has 2 N–H and O–H groups in total. The van der Waals surface area contributed by atoms with Gasteiger partial charge >= 0.3 is 0 Å². The first-order valence-corrected chi connectivity index (χ1v) is 2.97. The normalized spacial score (nSPS) is 10.1. The van der Waals surface area contributed by atoms with Crippen LogP contribution in [0.4, 0.5) is 0 Å². The Kier molecular flexibility index (Phi) is 1.24. The van der Waals surface area contributed by atoms with Gasteiger partial charge in [0.05, 0.1) is 5.69 Å². The minimum absolute atomic E-state index is 0.396. The summed E-state index contributed by atoms with van der Waals surface area (Å²) in [5, 5.41) is 9.20. The van der Waals surface area contributed by atoms with E-state index in [9.17, 15) is 5.11 Å². The van der Waals surface area contributed by atoms with Gasteiger partial charge < -0.3 is 10.1 Å². The lowest BCUT2D eigenvalue weighted by Crippen LogP contribution is -1.71. The van der Waals surface area contributed by atoms with Crippen LogP contribution in [-0.4, -0.2) is 10.1 Å². The number of hydrogen-bond acceptors (Lipinski definition) is 1. The lowest BCUT2D eigenvalue weighted by Gasteiger charge is -1.87. The molecule has 0 aliphatic carbocycles. The van der Waals surface area contributed by atoms with Crippen molar-refractivity contribution in [1.82, 2.24) is 4.98 Å². The fourth-order valence-corrected chi connectivity index (χ4v) is 0.893. The van der Waals surface area contributed by atoms with Crippen LogP contribution in [0.5, 0.6) is 5.75 Å². The summed E-state index contributed by atoms with van der Waals surface area (Å²) in [6.45, 7) is 5.70. The van der Waals surface area contributed by atoms with Gasteiger partial charge in [0.25, 0.3) is 0 Å². The minimum atomic E-state index is 0.396. The molecule has 0 aromatic carbocycles. The fraction of sp³-hybridized carbons (Fsp3) is 0.429. The molecule has 1 heterocycles. The molecule has 0 saturated heterocycles. The smallest absolute Gasteiger partial charge is 0.139 e. The molecule has 2 nitrogen and oxygen atoms in total. The summed E-state index contributed by atoms with van der Waals surface area (Å²) in [7, 11) is 0. The molecular weight excluding hydrogens is 114 g/mol. The molecule has 2 heteroatoms. The third kappa shape index (κ3) is 0.803. The SMILES string of the molecule is Cc1[nH]c(C)c(O)c1C. The lowest BCUT2D eigenvalue weighted by molar-refractivity contribution is 0.468. The molecule has 1 aromatic heterocycles. The van der Waals surface area contributed by atoms with Crippen molar-refractivity contribution in [2.45, 2.75) is 20.8 Å². The molecule has 0 radical (unpaired) electrons. The van der Waals surface area contributed by atoms with Gasteiger partial charge in [-0.2, -0.15) is 0 Å². The molecular formula is C7H11NO. The highest BCUT2D eigenvalue weighted by atomic mass is 16.3. The first kappa shape index (κ1) is 6.20. The average molecular weight is 125 g/mol. The third-order valence-corrected chi connectivity index (χ3v) is 1.65. The number of rotatable bonds is 0. The van der Waals surface area contributed by atoms with Crippen LogP contribution >= 0.6 is 0 Å². The van der Waals surface area contributed by atoms with E-state index in [4.69, 9.17) is 0 Å². The molecule has 50 valence electrons. The predicted octanol–water partition coefficient (Wildman–Crippen LogP) is 1.65. The molecule has 0 aliphatic rings. The average Bonchev–Trinajstić information content (AvgIpc) is 1.98. The Morgan fingerprint density at radius 1 is 1.11 bits per heavy atom. The molecule has 0 amide bonds. The molecule has 1 rings (SSSR count). The van der Waals surface area contributed by atoms with E-state index in [1.165, 1.54) is 0 Å². The molecule has 0 unspecified atom stereocenters. The van der Waals surface area contributed by atoms with Gasteiger partial charge in [0.1, 0.15) is 5.75 Å². The second-order valence-corrected chi connectivity index (χ2v) is 2.35. The molecule has 0 bridgehead atoms. The topological polar surface area (TPSA) is 36.0 Å². The summed E-state index contributed by atoms with van der Waals surface area (Å²) in [5.74, 6) is 0.396. The Hall–Kier alpha value is -0.920. The summed E-state index contributed by atoms with van der Waals surface area (Å²) in [6, 6.07) is 0. The van der Waals surface area contributed by atoms with Gasteiger partial charge in [-0.1, -0.05) is 0 Å². The van der Waals surface area contributed by atoms with E-state index in [2.05, 4.69) is 4.98 Å². The van der Waals surface area contributed by atoms with Crippen molar-refractivity contribution in [2.75, 3.05) is 0 Å². The van der Waals surface area contributed by atoms with E-state index in [0.29, 0.717) is 5.75 Å². The van der Waals surface area contributed by atoms with Crippen LogP contribution in [-0.2, 0) is 0 Å². The van der Waals surface area contributed by atoms with Crippen molar-refractivity contribution in [3.05, 3.63) is 17.0 Å². The number of aromatic amines is 1. The first-order valence-electron chi connectivity index (χ1n) is 2.97. The van der Waals surface area contributed by atoms with E-state index in [1.807, 2.05) is 20.8 Å². The summed E-state index contributed by atoms with van der Waals surface area (Å²) in [6.07, 6.45) is 0. The van der Waals surface area contributed by atoms with Crippen LogP contribution in [0.1, 0.15) is 17.0 Å². The van der Waals surface area contributed by atoms with E-state index in [-0.39, 0.29) is 0 Å². The van der Waals surface area contributed by atoms with E-state index in [0.717, 1.165) is 17.0 Å². The summed E-state index contributed by atoms with van der Waals surface area (Å²) in [5.41, 5.74) is 2.85. The Morgan fingerprint density at radius 2 is 1.67 bits per heavy atom. The van der Waals surface area contributed by atoms with E-state index < -0.39 is 0 Å². The van der Waals surface area contributed by atoms with Crippen molar-refractivity contribution in [3.63, 3.8) is 0 Å². The molecule has 0 atom stereocenters. The Bertz CT molecular complexity index is 203. The van der Waals surface area contributed by atoms with Crippen LogP contribution in [0.25, 0.3) is 0 Å². The van der Waals surface area contributed by atoms with Gasteiger partial charge in [0.2, 0.25) is 0 Å². The molecule has 1 aromatic rings. The largest absolute Gasteiger partial charge is 0.506 e. The standard InChI is InChI=1S/C7H11NO/c1-4-5(2)8-6(3)7(4)9/h8-9H,1-3H3. The van der Waals surface area contributed by atoms with E-state index >= 15 is 0 Å². The van der Waals surface area contributed by atoms with Crippen molar-refractivity contribution < 1.29 is 5.11 Å². The summed E-state index contributed by atoms with van der Waals surface area (Å²) < 4.78 is 0. The van der Waals surface area contributed by atoms with Crippen molar-refractivity contribution >= 4 is 0 Å². The number of H-pyrrole nitrogens is 1. The molecule has 0 aliphatic heterocycles. The zero-order valence-corrected chi connectivity index (χ0v) is 5.95. The Morgan fingerprint density at radius 3 is 1.78 bits per heavy atom. The number of nitrogens with one attached hydrogen (secondary N) is 1. The molecule has 9 heavy (non-hydrogen) atoms. The monoisotopic (exact) mass is 125 g/mol. The van der Waals surface area contributed by atoms with Gasteiger partial charge in [0.15, 0.2) is 0 Å². The lowest BCUT2D eigenvalue weighted by atomic mass is 10.2. The maximum absolute atomic E-state index is 9.20. The minimum Gasteiger partial charge on any atom is -0.506 e. The highest BCUT2D eigenvalue weighted by molar-refractivity contribution is 5.39. The van der Waals surface area contributed by atoms with Gasteiger partial charge in [0, 0.05) is 11.3 Å². The van der Waals surface area contributed by atoms with E-state index in [1.54, 1.807) is 0 Å². The highest BCUT2D eigenvalue weighted by Gasteiger charge is 2.04. The Labute approximate surface area is 54.5 Å². The van der Waals surface area contributed by atoms with Gasteiger partial charge in [-0.15, -0.1) is 0 Å². The number of hydrogen-bond donors (Lipinski definition) is 2. The van der Waals surface area contributed by atoms with Crippen LogP contribution in [0.15, 0.2) is 0 Å². The second kappa shape index (κ2) is 1.79. The number of aromatic nitrogens is 1. The summed E-state index contributed by atoms with van der Waals surface area (Å²) >= 11 is 0. The van der Waals surface area contributed by atoms with Gasteiger partial charge in [-0.05, 0) is 20.8 Å². The van der Waals surface area contributed by atoms with Crippen LogP contribution in [0.2, 0.25) is 0 Å². The summed E-state index contributed by atoms with van der Waals surface area (Å²) in [4.78, 5) is 3.03. The number of aryl methyl sites for hydroxylation is 2. The zero-order valence-electron chi connectivity index (χ0n) is 5.95. The number of aromatic hydroxyl groups is 1. The van der Waals surface area contributed by atoms with Crippen LogP contribution < -0.4 is 0 Å². The molecule has 0 spiro atoms. The van der Waals surface area contributed by atoms with Crippen LogP contribution in [0.3, 0.4) is 0 Å². The van der Waals surface area contributed by atoms with Crippen LogP contribution in [0, 0.1) is 20.8 Å². The molecule has 0 saturated carbocycles. The van der Waals surface area contributed by atoms with Gasteiger partial charge in [-0.3, -0.25) is 0 Å². The second-order valence-electron chi connectivity index (χ2n) is 2.35. The highest BCUT2D eigenvalue weighted by Crippen LogP contribution is 2.22. The fourth-order valence-electron chi connectivity index (χ4n) is 0.893. The maximum atomic E-state index is 9.20. The van der Waals surface area contributed by atoms with Crippen molar-refractivity contribution in [3.8, 4) is 5.75 Å². The first-order chi connectivity index (χ1) is 4.13. The quantitative estimate of drug-likeness (QED) is 0.543. The maximum Gasteiger partial charge on any atom is 0.139 e. The third-order valence-electron chi connectivity index (χ3n) is 1.65. The zero-order chi connectivity index (χ0) is 7.02.